The van der Waals surface area contributed by atoms with E-state index < -0.39 is 0 Å². The van der Waals surface area contributed by atoms with Crippen LogP contribution in [0.4, 0.5) is 0 Å². The number of thiazole rings is 1. The topological polar surface area (TPSA) is 114 Å². The molecule has 10 nitrogen and oxygen atoms in total. The van der Waals surface area contributed by atoms with Gasteiger partial charge in [0.25, 0.3) is 10.8 Å². The molecule has 0 N–H and O–H groups in total. The average Bonchev–Trinajstić information content (AvgIpc) is 3.40. The smallest absolute Gasteiger partial charge is 0.332 e. The monoisotopic (exact) mass is 433 g/mol. The lowest BCUT2D eigenvalue weighted by molar-refractivity contribution is 0.419. The molecule has 0 aliphatic heterocycles. The van der Waals surface area contributed by atoms with E-state index in [-0.39, 0.29) is 11.2 Å². The number of hydrogen-bond donors (Lipinski definition) is 0. The second-order valence-electron chi connectivity index (χ2n) is 6.52. The van der Waals surface area contributed by atoms with Gasteiger partial charge >= 0.3 is 5.69 Å². The lowest BCUT2D eigenvalue weighted by Gasteiger charge is -2.08. The van der Waals surface area contributed by atoms with Gasteiger partial charge in [0.1, 0.15) is 0 Å². The van der Waals surface area contributed by atoms with Crippen molar-refractivity contribution in [1.82, 2.24) is 33.9 Å². The van der Waals surface area contributed by atoms with Gasteiger partial charge in [0, 0.05) is 31.8 Å². The van der Waals surface area contributed by atoms with Crippen LogP contribution in [0.1, 0.15) is 23.0 Å². The molecule has 0 unspecified atom stereocenters. The van der Waals surface area contributed by atoms with Gasteiger partial charge in [-0.1, -0.05) is 11.8 Å². The quantitative estimate of drug-likeness (QED) is 0.317. The normalized spacial score (nSPS) is 11.6. The summed E-state index contributed by atoms with van der Waals surface area (Å²) < 4.78 is 9.91. The summed E-state index contributed by atoms with van der Waals surface area (Å²) in [5.41, 5.74) is 1.02. The predicted octanol–water partition coefficient (Wildman–Crippen LogP) is 1.35. The summed E-state index contributed by atoms with van der Waals surface area (Å²) in [6.07, 6.45) is 2.64. The molecule has 4 heterocycles. The van der Waals surface area contributed by atoms with Gasteiger partial charge in [0.15, 0.2) is 11.2 Å². The number of rotatable bonds is 7. The Labute approximate surface area is 173 Å². The fourth-order valence-electron chi connectivity index (χ4n) is 2.99. The first-order chi connectivity index (χ1) is 13.9. The number of nitrogens with zero attached hydrogens (tertiary/aromatic N) is 7. The molecule has 29 heavy (non-hydrogen) atoms. The average molecular weight is 434 g/mol. The highest BCUT2D eigenvalue weighted by Gasteiger charge is 2.15. The molecule has 0 atom stereocenters. The number of thioether (sulfide) groups is 1. The highest BCUT2D eigenvalue weighted by atomic mass is 32.2. The molecular formula is C17H19N7O3S2. The highest BCUT2D eigenvalue weighted by Crippen LogP contribution is 2.19. The Hall–Kier alpha value is -2.73. The van der Waals surface area contributed by atoms with Crippen molar-refractivity contribution >= 4 is 34.3 Å². The first-order valence-electron chi connectivity index (χ1n) is 8.91. The molecule has 4 rings (SSSR count). The number of aromatic nitrogens is 7. The third-order valence-corrected chi connectivity index (χ3v) is 6.13. The summed E-state index contributed by atoms with van der Waals surface area (Å²) in [4.78, 5) is 33.7. The molecule has 0 radical (unpaired) electrons. The second kappa shape index (κ2) is 7.95. The summed E-state index contributed by atoms with van der Waals surface area (Å²) in [5, 5.41) is 11.5. The number of aryl methyl sites for hydroxylation is 3. The Morgan fingerprint density at radius 3 is 2.83 bits per heavy atom. The van der Waals surface area contributed by atoms with E-state index >= 15 is 0 Å². The molecule has 0 aliphatic carbocycles. The number of imidazole rings is 1. The zero-order valence-electron chi connectivity index (χ0n) is 16.2. The van der Waals surface area contributed by atoms with Crippen LogP contribution in [0.5, 0.6) is 0 Å². The van der Waals surface area contributed by atoms with E-state index in [2.05, 4.69) is 20.2 Å². The fourth-order valence-corrected chi connectivity index (χ4v) is 4.30. The summed E-state index contributed by atoms with van der Waals surface area (Å²) in [6.45, 7) is 2.26. The third kappa shape index (κ3) is 3.90. The molecule has 0 amide bonds. The van der Waals surface area contributed by atoms with Crippen LogP contribution in [0.25, 0.3) is 11.2 Å². The second-order valence-corrected chi connectivity index (χ2v) is 8.63. The molecule has 0 spiro atoms. The molecule has 0 aromatic carbocycles. The zero-order chi connectivity index (χ0) is 20.5. The molecule has 0 bridgehead atoms. The van der Waals surface area contributed by atoms with E-state index in [4.69, 9.17) is 4.42 Å². The summed E-state index contributed by atoms with van der Waals surface area (Å²) in [5.74, 6) is 1.15. The van der Waals surface area contributed by atoms with Crippen LogP contribution in [-0.2, 0) is 27.1 Å². The van der Waals surface area contributed by atoms with Gasteiger partial charge in [-0.3, -0.25) is 13.9 Å². The molecule has 152 valence electrons. The third-order valence-electron chi connectivity index (χ3n) is 4.40. The molecule has 0 saturated carbocycles. The minimum atomic E-state index is -0.371. The van der Waals surface area contributed by atoms with E-state index in [1.807, 2.05) is 12.3 Å². The van der Waals surface area contributed by atoms with Crippen LogP contribution in [0.2, 0.25) is 0 Å². The first-order valence-corrected chi connectivity index (χ1v) is 10.8. The van der Waals surface area contributed by atoms with E-state index in [0.29, 0.717) is 47.4 Å². The first kappa shape index (κ1) is 19.6. The van der Waals surface area contributed by atoms with Crippen LogP contribution in [0.3, 0.4) is 0 Å². The van der Waals surface area contributed by atoms with Crippen molar-refractivity contribution in [3.05, 3.63) is 49.1 Å². The molecule has 4 aromatic rings. The summed E-state index contributed by atoms with van der Waals surface area (Å²) >= 11 is 2.98. The molecule has 0 saturated heterocycles. The van der Waals surface area contributed by atoms with Crippen molar-refractivity contribution in [2.45, 2.75) is 31.5 Å². The van der Waals surface area contributed by atoms with Crippen molar-refractivity contribution in [2.24, 2.45) is 14.1 Å². The number of hydrogen-bond acceptors (Lipinski definition) is 9. The van der Waals surface area contributed by atoms with E-state index in [1.165, 1.54) is 27.2 Å². The lowest BCUT2D eigenvalue weighted by atomic mass is 10.3. The van der Waals surface area contributed by atoms with Crippen molar-refractivity contribution in [1.29, 1.82) is 0 Å². The van der Waals surface area contributed by atoms with Gasteiger partial charge in [-0.2, -0.15) is 0 Å². The van der Waals surface area contributed by atoms with Crippen LogP contribution in [0.15, 0.2) is 30.9 Å². The molecule has 4 aromatic heterocycles. The maximum absolute atomic E-state index is 12.7. The van der Waals surface area contributed by atoms with Crippen molar-refractivity contribution in [3.8, 4) is 0 Å². The predicted molar refractivity (Wildman–Crippen MR) is 110 cm³/mol. The van der Waals surface area contributed by atoms with Gasteiger partial charge in [-0.25, -0.2) is 14.8 Å². The van der Waals surface area contributed by atoms with Crippen molar-refractivity contribution < 1.29 is 4.42 Å². The maximum atomic E-state index is 12.7. The molecular weight excluding hydrogens is 414 g/mol. The van der Waals surface area contributed by atoms with Gasteiger partial charge in [-0.05, 0) is 13.3 Å². The Morgan fingerprint density at radius 1 is 1.24 bits per heavy atom. The summed E-state index contributed by atoms with van der Waals surface area (Å²) in [7, 11) is 3.35. The van der Waals surface area contributed by atoms with Gasteiger partial charge in [0.2, 0.25) is 5.89 Å². The zero-order valence-corrected chi connectivity index (χ0v) is 17.8. The van der Waals surface area contributed by atoms with Crippen LogP contribution < -0.4 is 11.2 Å². The Kier molecular flexibility index (Phi) is 5.37. The fraction of sp³-hybridized carbons (Fsp3) is 0.412. The Bertz CT molecular complexity index is 1280. The number of fused-ring (bicyclic) bond motifs is 1. The minimum absolute atomic E-state index is 0.304. The van der Waals surface area contributed by atoms with Gasteiger partial charge in [-0.15, -0.1) is 21.5 Å². The standard InChI is InChI=1S/C17H19N7O3S2/c1-10-19-11(8-29-10)7-12-20-21-16(27-12)28-6-4-5-24-15(25)13-14(18-9-22(13)2)23(3)17(24)26/h8-9H,4-7H2,1-3H3. The maximum Gasteiger partial charge on any atom is 0.332 e. The minimum Gasteiger partial charge on any atom is -0.416 e. The van der Waals surface area contributed by atoms with Crippen molar-refractivity contribution in [3.63, 3.8) is 0 Å². The Balaban J connectivity index is 1.38. The SMILES string of the molecule is Cc1nc(Cc2nnc(SCCCn3c(=O)c4c(ncn4C)n(C)c3=O)o2)cs1. The highest BCUT2D eigenvalue weighted by molar-refractivity contribution is 7.99. The summed E-state index contributed by atoms with van der Waals surface area (Å²) in [6, 6.07) is 0. The molecule has 12 heteroatoms. The van der Waals surface area contributed by atoms with Gasteiger partial charge < -0.3 is 8.98 Å². The molecule has 0 aliphatic rings. The molecule has 0 fully saturated rings. The van der Waals surface area contributed by atoms with E-state index in [0.717, 1.165) is 10.7 Å². The lowest BCUT2D eigenvalue weighted by Crippen LogP contribution is -2.39. The van der Waals surface area contributed by atoms with E-state index in [9.17, 15) is 9.59 Å². The van der Waals surface area contributed by atoms with E-state index in [1.54, 1.807) is 30.0 Å². The Morgan fingerprint density at radius 2 is 2.07 bits per heavy atom. The van der Waals surface area contributed by atoms with Crippen LogP contribution in [-0.4, -0.2) is 39.6 Å². The van der Waals surface area contributed by atoms with Crippen LogP contribution >= 0.6 is 23.1 Å². The largest absolute Gasteiger partial charge is 0.416 e. The van der Waals surface area contributed by atoms with Crippen LogP contribution in [0, 0.1) is 6.92 Å². The van der Waals surface area contributed by atoms with Crippen molar-refractivity contribution in [2.75, 3.05) is 5.75 Å². The van der Waals surface area contributed by atoms with Gasteiger partial charge in [0.05, 0.1) is 23.4 Å².